The maximum absolute atomic E-state index is 12.6. The number of carbonyl (C=O) groups excluding carboxylic acids is 1. The first-order chi connectivity index (χ1) is 12.2. The molecule has 118 valence electrons. The molecule has 0 radical (unpaired) electrons. The average molecular weight is 375 g/mol. The van der Waals surface area contributed by atoms with E-state index in [0.717, 1.165) is 15.6 Å². The van der Waals surface area contributed by atoms with E-state index in [9.17, 15) is 4.79 Å². The summed E-state index contributed by atoms with van der Waals surface area (Å²) >= 11 is 3.42. The van der Waals surface area contributed by atoms with E-state index in [-0.39, 0.29) is 5.56 Å². The highest BCUT2D eigenvalue weighted by Crippen LogP contribution is 2.30. The second-order valence-electron chi connectivity index (χ2n) is 5.39. The van der Waals surface area contributed by atoms with E-state index in [1.165, 1.54) is 7.11 Å². The van der Waals surface area contributed by atoms with Crippen LogP contribution in [0.3, 0.4) is 0 Å². The summed E-state index contributed by atoms with van der Waals surface area (Å²) in [6, 6.07) is 13.3. The first-order valence-electron chi connectivity index (χ1n) is 8.68. The molecule has 0 spiro atoms. The van der Waals surface area contributed by atoms with Crippen LogP contribution in [-0.4, -0.2) is 17.5 Å². The third kappa shape index (κ3) is 2.91. The normalized spacial score (nSPS) is 13.4. The number of Topliss-reactive ketones (excluding diaryl/α,β-unsaturated/α-hetero) is 1. The molecule has 3 nitrogen and oxygen atoms in total. The Morgan fingerprint density at radius 3 is 2.65 bits per heavy atom. The van der Waals surface area contributed by atoms with E-state index in [1.807, 2.05) is 41.0 Å². The molecule has 3 rings (SSSR count). The van der Waals surface area contributed by atoms with Crippen LogP contribution in [0.15, 0.2) is 46.9 Å². The van der Waals surface area contributed by atoms with Gasteiger partial charge in [0.1, 0.15) is 5.75 Å². The number of hydrogen-bond acceptors (Lipinski definition) is 2. The van der Waals surface area contributed by atoms with Crippen molar-refractivity contribution >= 4 is 32.6 Å². The summed E-state index contributed by atoms with van der Waals surface area (Å²) in [5.41, 5.74) is 2.73. The van der Waals surface area contributed by atoms with E-state index in [0.29, 0.717) is 23.4 Å². The molecule has 0 aliphatic heterocycles. The quantitative estimate of drug-likeness (QED) is 0.603. The highest BCUT2D eigenvalue weighted by molar-refractivity contribution is 9.10. The standard InChI is InChI=1S/C19H18BrNO2/c1-12-19(13(2)22)17-10-16(23-3)8-9-18(17)21(12)11-14-4-6-15(20)7-5-14/h4-10H,11H2,1-3H3/i2D3. The summed E-state index contributed by atoms with van der Waals surface area (Å²) in [5.74, 6) is -0.263. The summed E-state index contributed by atoms with van der Waals surface area (Å²) < 4.78 is 30.8. The van der Waals surface area contributed by atoms with E-state index < -0.39 is 12.6 Å². The monoisotopic (exact) mass is 374 g/mol. The molecule has 0 saturated heterocycles. The van der Waals surface area contributed by atoms with Gasteiger partial charge >= 0.3 is 0 Å². The van der Waals surface area contributed by atoms with Gasteiger partial charge < -0.3 is 9.30 Å². The largest absolute Gasteiger partial charge is 0.497 e. The van der Waals surface area contributed by atoms with Gasteiger partial charge in [0.25, 0.3) is 0 Å². The van der Waals surface area contributed by atoms with Crippen LogP contribution in [0.2, 0.25) is 0 Å². The highest BCUT2D eigenvalue weighted by Gasteiger charge is 2.18. The van der Waals surface area contributed by atoms with Crippen LogP contribution in [0.5, 0.6) is 5.75 Å². The van der Waals surface area contributed by atoms with Gasteiger partial charge in [-0.2, -0.15) is 0 Å². The van der Waals surface area contributed by atoms with Crippen molar-refractivity contribution in [3.63, 3.8) is 0 Å². The second kappa shape index (κ2) is 6.20. The molecule has 0 aliphatic rings. The average Bonchev–Trinajstić information content (AvgIpc) is 2.86. The molecule has 0 N–H and O–H groups in total. The fourth-order valence-electron chi connectivity index (χ4n) is 2.85. The molecule has 1 aromatic heterocycles. The number of aromatic nitrogens is 1. The molecule has 2 aromatic carbocycles. The van der Waals surface area contributed by atoms with Gasteiger partial charge in [0, 0.05) is 37.3 Å². The SMILES string of the molecule is [2H]C([2H])([2H])C(=O)c1c(C)n(Cc2ccc(Br)cc2)c2ccc(OC)cc12. The van der Waals surface area contributed by atoms with Crippen LogP contribution in [0, 0.1) is 6.92 Å². The second-order valence-corrected chi connectivity index (χ2v) is 6.30. The van der Waals surface area contributed by atoms with E-state index in [1.54, 1.807) is 13.0 Å². The zero-order chi connectivity index (χ0) is 19.1. The Labute approximate surface area is 148 Å². The molecule has 4 heteroatoms. The van der Waals surface area contributed by atoms with Gasteiger partial charge in [-0.15, -0.1) is 0 Å². The Kier molecular flexibility index (Phi) is 3.33. The molecule has 0 fully saturated rings. The molecule has 0 atom stereocenters. The zero-order valence-corrected chi connectivity index (χ0v) is 14.5. The number of rotatable bonds is 4. The number of carbonyl (C=O) groups is 1. The Hall–Kier alpha value is -2.07. The van der Waals surface area contributed by atoms with Gasteiger partial charge in [-0.05, 0) is 49.7 Å². The summed E-state index contributed by atoms with van der Waals surface area (Å²) in [5, 5.41) is 0.597. The lowest BCUT2D eigenvalue weighted by Crippen LogP contribution is -2.03. The van der Waals surface area contributed by atoms with Crippen molar-refractivity contribution in [1.29, 1.82) is 0 Å². The molecule has 0 aliphatic carbocycles. The van der Waals surface area contributed by atoms with E-state index in [2.05, 4.69) is 15.9 Å². The van der Waals surface area contributed by atoms with Crippen molar-refractivity contribution in [3.05, 3.63) is 63.8 Å². The number of methoxy groups -OCH3 is 1. The van der Waals surface area contributed by atoms with Crippen LogP contribution in [0.1, 0.15) is 32.6 Å². The maximum Gasteiger partial charge on any atom is 0.162 e. The molecule has 0 unspecified atom stereocenters. The predicted octanol–water partition coefficient (Wildman–Crippen LogP) is 4.97. The van der Waals surface area contributed by atoms with E-state index >= 15 is 0 Å². The van der Waals surface area contributed by atoms with Gasteiger partial charge in [-0.25, -0.2) is 0 Å². The topological polar surface area (TPSA) is 31.2 Å². The fraction of sp³-hybridized carbons (Fsp3) is 0.211. The van der Waals surface area contributed by atoms with Crippen LogP contribution in [-0.2, 0) is 6.54 Å². The minimum absolute atomic E-state index is 0.232. The lowest BCUT2D eigenvalue weighted by Gasteiger charge is -2.09. The summed E-state index contributed by atoms with van der Waals surface area (Å²) in [6.45, 7) is -0.370. The van der Waals surface area contributed by atoms with Gasteiger partial charge in [-0.1, -0.05) is 28.1 Å². The Morgan fingerprint density at radius 1 is 1.26 bits per heavy atom. The first kappa shape index (κ1) is 12.4. The lowest BCUT2D eigenvalue weighted by atomic mass is 10.1. The highest BCUT2D eigenvalue weighted by atomic mass is 79.9. The Bertz CT molecular complexity index is 975. The number of fused-ring (bicyclic) bond motifs is 1. The van der Waals surface area contributed by atoms with Crippen molar-refractivity contribution < 1.29 is 13.6 Å². The van der Waals surface area contributed by atoms with Crippen molar-refractivity contribution in [2.24, 2.45) is 0 Å². The van der Waals surface area contributed by atoms with Crippen molar-refractivity contribution in [2.45, 2.75) is 20.3 Å². The number of ketones is 1. The summed E-state index contributed by atoms with van der Waals surface area (Å²) in [6.07, 6.45) is 0. The molecular formula is C19H18BrNO2. The molecule has 23 heavy (non-hydrogen) atoms. The summed E-state index contributed by atoms with van der Waals surface area (Å²) in [7, 11) is 1.54. The van der Waals surface area contributed by atoms with E-state index in [4.69, 9.17) is 8.85 Å². The van der Waals surface area contributed by atoms with Crippen molar-refractivity contribution in [3.8, 4) is 5.75 Å². The smallest absolute Gasteiger partial charge is 0.162 e. The van der Waals surface area contributed by atoms with Gasteiger partial charge in [0.2, 0.25) is 0 Å². The minimum Gasteiger partial charge on any atom is -0.497 e. The van der Waals surface area contributed by atoms with Crippen molar-refractivity contribution in [2.75, 3.05) is 7.11 Å². The van der Waals surface area contributed by atoms with Gasteiger partial charge in [-0.3, -0.25) is 4.79 Å². The third-order valence-corrected chi connectivity index (χ3v) is 4.54. The Morgan fingerprint density at radius 2 is 2.00 bits per heavy atom. The Balaban J connectivity index is 2.21. The lowest BCUT2D eigenvalue weighted by molar-refractivity contribution is 0.101. The van der Waals surface area contributed by atoms with Crippen LogP contribution in [0.25, 0.3) is 10.9 Å². The predicted molar refractivity (Wildman–Crippen MR) is 96.5 cm³/mol. The molecule has 3 aromatic rings. The van der Waals surface area contributed by atoms with Crippen molar-refractivity contribution in [1.82, 2.24) is 4.57 Å². The number of benzene rings is 2. The van der Waals surface area contributed by atoms with Crippen LogP contribution in [0.4, 0.5) is 0 Å². The van der Waals surface area contributed by atoms with Gasteiger partial charge in [0.05, 0.1) is 7.11 Å². The minimum atomic E-state index is -2.69. The third-order valence-electron chi connectivity index (χ3n) is 4.01. The number of halogens is 1. The molecular weight excluding hydrogens is 354 g/mol. The first-order valence-corrected chi connectivity index (χ1v) is 7.97. The van der Waals surface area contributed by atoms with Crippen LogP contribution >= 0.6 is 15.9 Å². The summed E-state index contributed by atoms with van der Waals surface area (Å²) in [4.78, 5) is 12.6. The fourth-order valence-corrected chi connectivity index (χ4v) is 3.12. The molecule has 0 saturated carbocycles. The number of nitrogens with zero attached hydrogens (tertiary/aromatic N) is 1. The van der Waals surface area contributed by atoms with Crippen LogP contribution < -0.4 is 4.74 Å². The molecule has 0 amide bonds. The maximum atomic E-state index is 12.6. The number of ether oxygens (including phenoxy) is 1. The molecule has 0 bridgehead atoms. The molecule has 1 heterocycles. The van der Waals surface area contributed by atoms with Gasteiger partial charge in [0.15, 0.2) is 5.78 Å². The number of hydrogen-bond donors (Lipinski definition) is 0. The zero-order valence-electron chi connectivity index (χ0n) is 15.9.